The fraction of sp³-hybridized carbons (Fsp3) is 0.756. The lowest BCUT2D eigenvalue weighted by Crippen LogP contribution is -2.28. The minimum atomic E-state index is -0.934. The molecule has 0 unspecified atom stereocenters. The van der Waals surface area contributed by atoms with Crippen LogP contribution in [0.4, 0.5) is 0 Å². The molecule has 3 N–H and O–H groups in total. The summed E-state index contributed by atoms with van der Waals surface area (Å²) in [5.41, 5.74) is 0. The summed E-state index contributed by atoms with van der Waals surface area (Å²) >= 11 is 0. The van der Waals surface area contributed by atoms with Gasteiger partial charge in [-0.2, -0.15) is 0 Å². The summed E-state index contributed by atoms with van der Waals surface area (Å²) in [5.74, 6) is -0.877. The van der Waals surface area contributed by atoms with E-state index in [-0.39, 0.29) is 25.4 Å². The van der Waals surface area contributed by atoms with Gasteiger partial charge < -0.3 is 24.8 Å². The van der Waals surface area contributed by atoms with Crippen LogP contribution in [0.5, 0.6) is 0 Å². The van der Waals surface area contributed by atoms with Crippen LogP contribution in [-0.4, -0.2) is 58.8 Å². The molecule has 0 aliphatic heterocycles. The lowest BCUT2D eigenvalue weighted by atomic mass is 10.0. The Balaban J connectivity index is 3.81. The monoisotopic (exact) mass is 677 g/mol. The van der Waals surface area contributed by atoms with Crippen molar-refractivity contribution in [1.82, 2.24) is 0 Å². The van der Waals surface area contributed by atoms with Crippen molar-refractivity contribution in [1.29, 1.82) is 0 Å². The highest BCUT2D eigenvalue weighted by Gasteiger charge is 2.18. The average Bonchev–Trinajstić information content (AvgIpc) is 3.08. The molecular formula is C41H72O7. The smallest absolute Gasteiger partial charge is 0.306 e. The first kappa shape index (κ1) is 45.8. The Labute approximate surface area is 294 Å². The van der Waals surface area contributed by atoms with Crippen LogP contribution in [0.15, 0.2) is 48.6 Å². The van der Waals surface area contributed by atoms with Crippen LogP contribution in [-0.2, 0) is 19.1 Å². The molecule has 0 amide bonds. The molecule has 3 atom stereocenters. The molecule has 0 radical (unpaired) electrons. The van der Waals surface area contributed by atoms with E-state index < -0.39 is 30.9 Å². The summed E-state index contributed by atoms with van der Waals surface area (Å²) in [6.07, 6.45) is 37.8. The van der Waals surface area contributed by atoms with Crippen molar-refractivity contribution in [3.8, 4) is 0 Å². The predicted molar refractivity (Wildman–Crippen MR) is 199 cm³/mol. The van der Waals surface area contributed by atoms with Gasteiger partial charge in [-0.1, -0.05) is 152 Å². The molecule has 0 bridgehead atoms. The first-order chi connectivity index (χ1) is 23.4. The topological polar surface area (TPSA) is 113 Å². The molecular weight excluding hydrogens is 604 g/mol. The van der Waals surface area contributed by atoms with Crippen molar-refractivity contribution in [2.75, 3.05) is 13.2 Å². The highest BCUT2D eigenvalue weighted by atomic mass is 16.6. The third kappa shape index (κ3) is 32.3. The summed E-state index contributed by atoms with van der Waals surface area (Å²) in [4.78, 5) is 24.3. The summed E-state index contributed by atoms with van der Waals surface area (Å²) in [6, 6.07) is 0. The van der Waals surface area contributed by atoms with E-state index in [4.69, 9.17) is 9.47 Å². The zero-order valence-corrected chi connectivity index (χ0v) is 30.7. The zero-order valence-electron chi connectivity index (χ0n) is 30.7. The molecule has 0 aromatic rings. The Bertz CT molecular complexity index is 848. The normalized spacial score (nSPS) is 14.0. The predicted octanol–water partition coefficient (Wildman–Crippen LogP) is 9.78. The molecule has 0 aromatic carbocycles. The molecule has 0 rings (SSSR count). The quantitative estimate of drug-likeness (QED) is 0.0353. The minimum absolute atomic E-state index is 0.0684. The van der Waals surface area contributed by atoms with Gasteiger partial charge in [-0.05, 0) is 51.4 Å². The first-order valence-electron chi connectivity index (χ1n) is 19.4. The van der Waals surface area contributed by atoms with Crippen molar-refractivity contribution < 1.29 is 34.4 Å². The number of hydrogen-bond acceptors (Lipinski definition) is 7. The molecule has 0 aliphatic carbocycles. The largest absolute Gasteiger partial charge is 0.462 e. The fourth-order valence-corrected chi connectivity index (χ4v) is 5.29. The number of carbonyl (C=O) groups is 2. The Hall–Kier alpha value is -2.22. The van der Waals surface area contributed by atoms with E-state index in [0.717, 1.165) is 44.9 Å². The maximum absolute atomic E-state index is 12.2. The summed E-state index contributed by atoms with van der Waals surface area (Å²) < 4.78 is 10.5. The maximum Gasteiger partial charge on any atom is 0.306 e. The second kappa shape index (κ2) is 36.1. The second-order valence-electron chi connectivity index (χ2n) is 12.9. The van der Waals surface area contributed by atoms with Gasteiger partial charge in [-0.3, -0.25) is 9.59 Å². The number of rotatable bonds is 34. The Morgan fingerprint density at radius 2 is 1.02 bits per heavy atom. The standard InChI is InChI=1S/C41H72O7/c1-3-5-7-9-11-13-15-17-18-19-21-23-25-27-29-33-41(46)48-37(35-42)36-47-40(45)34-30-32-39(44)38(43)31-28-26-24-22-20-16-14-12-10-8-6-4-2/h6,8,12,14,20,22,26,28,37-39,42-44H,3-5,7,9-11,13,15-19,21,23-25,27,29-36H2,1-2H3/b8-6-,14-12-,22-20-,28-26-/t37-,38-,39-/m0/s1. The molecule has 0 fully saturated rings. The van der Waals surface area contributed by atoms with Gasteiger partial charge in [-0.15, -0.1) is 0 Å². The number of ether oxygens (including phenoxy) is 2. The van der Waals surface area contributed by atoms with E-state index in [9.17, 15) is 24.9 Å². The molecule has 0 saturated heterocycles. The van der Waals surface area contributed by atoms with Gasteiger partial charge in [-0.25, -0.2) is 0 Å². The molecule has 278 valence electrons. The summed E-state index contributed by atoms with van der Waals surface area (Å²) in [7, 11) is 0. The summed E-state index contributed by atoms with van der Waals surface area (Å²) in [6.45, 7) is 3.77. The first-order valence-corrected chi connectivity index (χ1v) is 19.4. The van der Waals surface area contributed by atoms with E-state index in [1.807, 2.05) is 12.2 Å². The number of esters is 2. The number of unbranched alkanes of at least 4 members (excludes halogenated alkanes) is 14. The molecule has 7 nitrogen and oxygen atoms in total. The van der Waals surface area contributed by atoms with Crippen molar-refractivity contribution in [2.24, 2.45) is 0 Å². The van der Waals surface area contributed by atoms with E-state index >= 15 is 0 Å². The second-order valence-corrected chi connectivity index (χ2v) is 12.9. The zero-order chi connectivity index (χ0) is 35.3. The average molecular weight is 677 g/mol. The van der Waals surface area contributed by atoms with Crippen LogP contribution in [0.25, 0.3) is 0 Å². The van der Waals surface area contributed by atoms with Crippen LogP contribution in [0.2, 0.25) is 0 Å². The van der Waals surface area contributed by atoms with Crippen LogP contribution < -0.4 is 0 Å². The number of aliphatic hydroxyl groups is 3. The highest BCUT2D eigenvalue weighted by Crippen LogP contribution is 2.14. The third-order valence-corrected chi connectivity index (χ3v) is 8.34. The molecule has 0 aromatic heterocycles. The van der Waals surface area contributed by atoms with Gasteiger partial charge in [0.05, 0.1) is 18.8 Å². The van der Waals surface area contributed by atoms with Gasteiger partial charge in [0.25, 0.3) is 0 Å². The van der Waals surface area contributed by atoms with Crippen LogP contribution >= 0.6 is 0 Å². The maximum atomic E-state index is 12.2. The Morgan fingerprint density at radius 1 is 0.562 bits per heavy atom. The lowest BCUT2D eigenvalue weighted by molar-refractivity contribution is -0.161. The SMILES string of the molecule is CC/C=C\C/C=C\C/C=C\C/C=C\C[C@H](O)[C@@H](O)CCCC(=O)OC[C@H](CO)OC(=O)CCCCCCCCCCCCCCCCC. The van der Waals surface area contributed by atoms with E-state index in [1.54, 1.807) is 0 Å². The summed E-state index contributed by atoms with van der Waals surface area (Å²) in [5, 5.41) is 30.0. The van der Waals surface area contributed by atoms with Crippen molar-refractivity contribution in [3.05, 3.63) is 48.6 Å². The van der Waals surface area contributed by atoms with Crippen molar-refractivity contribution in [3.63, 3.8) is 0 Å². The number of aliphatic hydroxyl groups excluding tert-OH is 3. The number of allylic oxidation sites excluding steroid dienone is 7. The van der Waals surface area contributed by atoms with Gasteiger partial charge in [0, 0.05) is 12.8 Å². The van der Waals surface area contributed by atoms with Gasteiger partial charge >= 0.3 is 11.9 Å². The molecule has 7 heteroatoms. The molecule has 0 spiro atoms. The highest BCUT2D eigenvalue weighted by molar-refractivity contribution is 5.70. The van der Waals surface area contributed by atoms with E-state index in [0.29, 0.717) is 19.3 Å². The molecule has 0 aliphatic rings. The van der Waals surface area contributed by atoms with E-state index in [1.165, 1.54) is 77.0 Å². The van der Waals surface area contributed by atoms with Gasteiger partial charge in [0.15, 0.2) is 6.10 Å². The van der Waals surface area contributed by atoms with Gasteiger partial charge in [0.2, 0.25) is 0 Å². The fourth-order valence-electron chi connectivity index (χ4n) is 5.29. The minimum Gasteiger partial charge on any atom is -0.462 e. The Morgan fingerprint density at radius 3 is 1.52 bits per heavy atom. The molecule has 0 heterocycles. The van der Waals surface area contributed by atoms with Gasteiger partial charge in [0.1, 0.15) is 6.61 Å². The molecule has 0 saturated carbocycles. The third-order valence-electron chi connectivity index (χ3n) is 8.34. The van der Waals surface area contributed by atoms with Crippen LogP contribution in [0.3, 0.4) is 0 Å². The van der Waals surface area contributed by atoms with Crippen LogP contribution in [0, 0.1) is 0 Å². The van der Waals surface area contributed by atoms with Crippen molar-refractivity contribution in [2.45, 2.75) is 186 Å². The van der Waals surface area contributed by atoms with Crippen molar-refractivity contribution >= 4 is 11.9 Å². The Kier molecular flexibility index (Phi) is 34.4. The number of hydrogen-bond donors (Lipinski definition) is 3. The lowest BCUT2D eigenvalue weighted by Gasteiger charge is -2.17. The number of carbonyl (C=O) groups excluding carboxylic acids is 2. The van der Waals surface area contributed by atoms with E-state index in [2.05, 4.69) is 50.3 Å². The molecule has 48 heavy (non-hydrogen) atoms. The van der Waals surface area contributed by atoms with Crippen LogP contribution in [0.1, 0.15) is 168 Å².